The van der Waals surface area contributed by atoms with Gasteiger partial charge in [0.15, 0.2) is 0 Å². The minimum Gasteiger partial charge on any atom is -0.478 e. The number of benzene rings is 2. The summed E-state index contributed by atoms with van der Waals surface area (Å²) in [7, 11) is 0. The van der Waals surface area contributed by atoms with Crippen LogP contribution in [0.1, 0.15) is 28.2 Å². The van der Waals surface area contributed by atoms with Gasteiger partial charge in [0.1, 0.15) is 18.2 Å². The average molecular weight is 583 g/mol. The quantitative estimate of drug-likeness (QED) is 0.287. The van der Waals surface area contributed by atoms with Gasteiger partial charge in [0, 0.05) is 49.6 Å². The number of pyridine rings is 1. The Kier molecular flexibility index (Phi) is 8.69. The van der Waals surface area contributed by atoms with Crippen LogP contribution in [0.4, 0.5) is 10.1 Å². The molecular weight excluding hydrogens is 551 g/mol. The van der Waals surface area contributed by atoms with Gasteiger partial charge in [-0.05, 0) is 48.9 Å². The van der Waals surface area contributed by atoms with Crippen molar-refractivity contribution in [1.29, 1.82) is 0 Å². The Morgan fingerprint density at radius 3 is 2.66 bits per heavy atom. The summed E-state index contributed by atoms with van der Waals surface area (Å²) in [6.07, 6.45) is 2.77. The van der Waals surface area contributed by atoms with Gasteiger partial charge in [0.05, 0.1) is 41.5 Å². The van der Waals surface area contributed by atoms with Gasteiger partial charge in [-0.25, -0.2) is 19.2 Å². The van der Waals surface area contributed by atoms with Crippen molar-refractivity contribution in [3.8, 4) is 5.88 Å². The molecule has 0 unspecified atom stereocenters. The van der Waals surface area contributed by atoms with Crippen molar-refractivity contribution in [2.75, 3.05) is 37.7 Å². The maximum absolute atomic E-state index is 14.2. The van der Waals surface area contributed by atoms with E-state index in [0.717, 1.165) is 61.8 Å². The molecule has 0 radical (unpaired) electrons. The Bertz CT molecular complexity index is 1540. The molecule has 2 aromatic carbocycles. The van der Waals surface area contributed by atoms with Gasteiger partial charge in [-0.2, -0.15) is 0 Å². The number of rotatable bonds is 9. The Labute approximate surface area is 241 Å². The molecule has 6 rings (SSSR count). The van der Waals surface area contributed by atoms with Crippen LogP contribution in [0.3, 0.4) is 0 Å². The Morgan fingerprint density at radius 2 is 1.95 bits per heavy atom. The van der Waals surface area contributed by atoms with Crippen molar-refractivity contribution in [1.82, 2.24) is 25.6 Å². The number of nitrogens with zero attached hydrogens (tertiary/aromatic N) is 5. The van der Waals surface area contributed by atoms with Crippen LogP contribution >= 0.6 is 11.6 Å². The van der Waals surface area contributed by atoms with Gasteiger partial charge in [0.25, 0.3) is 0 Å². The van der Waals surface area contributed by atoms with Crippen molar-refractivity contribution in [3.05, 3.63) is 82.5 Å². The normalized spacial score (nSPS) is 17.2. The number of carboxylic acid groups (broad SMARTS) is 1. The van der Waals surface area contributed by atoms with E-state index in [0.29, 0.717) is 29.6 Å². The van der Waals surface area contributed by atoms with Gasteiger partial charge in [0.2, 0.25) is 5.88 Å². The van der Waals surface area contributed by atoms with E-state index in [1.165, 1.54) is 6.07 Å². The van der Waals surface area contributed by atoms with Crippen LogP contribution in [0.2, 0.25) is 5.02 Å². The lowest BCUT2D eigenvalue weighted by atomic mass is 10.1. The molecule has 41 heavy (non-hydrogen) atoms. The average Bonchev–Trinajstić information content (AvgIpc) is 3.26. The molecule has 2 fully saturated rings. The molecule has 10 nitrogen and oxygen atoms in total. The largest absolute Gasteiger partial charge is 0.478 e. The number of hydrogen-bond acceptors (Lipinski definition) is 8. The Hall–Kier alpha value is -3.77. The predicted molar refractivity (Wildman–Crippen MR) is 154 cm³/mol. The molecule has 2 saturated heterocycles. The summed E-state index contributed by atoms with van der Waals surface area (Å²) in [5.74, 6) is -0.00403. The van der Waals surface area contributed by atoms with Crippen LogP contribution in [0.5, 0.6) is 5.88 Å². The Balaban J connectivity index is 0.00000337. The number of piperazine rings is 1. The zero-order chi connectivity index (χ0) is 27.6. The van der Waals surface area contributed by atoms with Crippen molar-refractivity contribution < 1.29 is 23.8 Å². The predicted octanol–water partition coefficient (Wildman–Crippen LogP) is 4.77. The second-order valence-corrected chi connectivity index (χ2v) is 10.5. The van der Waals surface area contributed by atoms with Crippen molar-refractivity contribution in [2.24, 2.45) is 0 Å². The first-order chi connectivity index (χ1) is 19.4. The van der Waals surface area contributed by atoms with Gasteiger partial charge in [-0.15, -0.1) is 0 Å². The van der Waals surface area contributed by atoms with E-state index in [9.17, 15) is 14.3 Å². The molecule has 216 valence electrons. The third-order valence-electron chi connectivity index (χ3n) is 7.46. The van der Waals surface area contributed by atoms with E-state index in [2.05, 4.69) is 19.4 Å². The van der Waals surface area contributed by atoms with E-state index >= 15 is 0 Å². The van der Waals surface area contributed by atoms with Crippen LogP contribution < -0.4 is 15.8 Å². The molecule has 4 aromatic rings. The van der Waals surface area contributed by atoms with E-state index in [4.69, 9.17) is 26.1 Å². The second kappa shape index (κ2) is 12.4. The van der Waals surface area contributed by atoms with Crippen molar-refractivity contribution >= 4 is 34.3 Å². The van der Waals surface area contributed by atoms with Crippen LogP contribution in [-0.4, -0.2) is 69.4 Å². The van der Waals surface area contributed by atoms with Gasteiger partial charge < -0.3 is 30.2 Å². The van der Waals surface area contributed by atoms with Crippen LogP contribution in [-0.2, 0) is 24.4 Å². The van der Waals surface area contributed by atoms with Gasteiger partial charge in [-0.3, -0.25) is 4.90 Å². The zero-order valence-electron chi connectivity index (χ0n) is 22.5. The van der Waals surface area contributed by atoms with Crippen LogP contribution in [0, 0.1) is 5.82 Å². The van der Waals surface area contributed by atoms with E-state index in [-0.39, 0.29) is 24.4 Å². The standard InChI is InChI=1S/C29H29ClFN5O4.H3N/c30-21-5-3-20(23(31)15-21)18-40-28-25(2-1-8-32-28)35-11-9-34(10-12-35)17-27-33-24-6-4-19(29(37)38)14-26(24)36(27)16-22-7-13-39-22;/h1-6,8,14-15,22H,7,9-13,16-18H2,(H,37,38);1H3/t22-;/m0./s1. The third kappa shape index (κ3) is 6.28. The first-order valence-electron chi connectivity index (χ1n) is 13.3. The fourth-order valence-electron chi connectivity index (χ4n) is 5.13. The summed E-state index contributed by atoms with van der Waals surface area (Å²) in [4.78, 5) is 25.4. The van der Waals surface area contributed by atoms with E-state index in [1.54, 1.807) is 36.5 Å². The second-order valence-electron chi connectivity index (χ2n) is 10.0. The highest BCUT2D eigenvalue weighted by atomic mass is 35.5. The zero-order valence-corrected chi connectivity index (χ0v) is 23.3. The van der Waals surface area contributed by atoms with E-state index in [1.807, 2.05) is 12.1 Å². The minimum absolute atomic E-state index is 0. The van der Waals surface area contributed by atoms with Crippen LogP contribution in [0.15, 0.2) is 54.7 Å². The third-order valence-corrected chi connectivity index (χ3v) is 7.70. The maximum atomic E-state index is 14.2. The molecule has 0 aliphatic carbocycles. The SMILES string of the molecule is N.O=C(O)c1ccc2nc(CN3CCN(c4cccnc4OCc4ccc(Cl)cc4F)CC3)n(C[C@@H]3CCO3)c2c1. The van der Waals surface area contributed by atoms with E-state index < -0.39 is 11.8 Å². The molecular formula is C29H32ClFN6O4. The summed E-state index contributed by atoms with van der Waals surface area (Å²) in [5.41, 5.74) is 3.13. The highest BCUT2D eigenvalue weighted by Crippen LogP contribution is 2.29. The molecule has 4 heterocycles. The summed E-state index contributed by atoms with van der Waals surface area (Å²) >= 11 is 5.87. The molecule has 0 saturated carbocycles. The fraction of sp³-hybridized carbons (Fsp3) is 0.345. The number of ether oxygens (including phenoxy) is 2. The molecule has 12 heteroatoms. The molecule has 0 amide bonds. The van der Waals surface area contributed by atoms with Crippen LogP contribution in [0.25, 0.3) is 11.0 Å². The summed E-state index contributed by atoms with van der Waals surface area (Å²) in [6, 6.07) is 13.4. The van der Waals surface area contributed by atoms with Crippen molar-refractivity contribution in [3.63, 3.8) is 0 Å². The fourth-order valence-corrected chi connectivity index (χ4v) is 5.29. The molecule has 4 N–H and O–H groups in total. The number of fused-ring (bicyclic) bond motifs is 1. The molecule has 2 aliphatic heterocycles. The maximum Gasteiger partial charge on any atom is 0.335 e. The summed E-state index contributed by atoms with van der Waals surface area (Å²) in [5, 5.41) is 9.83. The highest BCUT2D eigenvalue weighted by Gasteiger charge is 2.25. The number of anilines is 1. The molecule has 2 aliphatic rings. The first-order valence-corrected chi connectivity index (χ1v) is 13.7. The minimum atomic E-state index is -0.954. The lowest BCUT2D eigenvalue weighted by molar-refractivity contribution is -0.0592. The molecule has 0 spiro atoms. The topological polar surface area (TPSA) is 128 Å². The summed E-state index contributed by atoms with van der Waals surface area (Å²) in [6.45, 7) is 5.21. The Morgan fingerprint density at radius 1 is 1.15 bits per heavy atom. The number of carboxylic acids is 1. The number of imidazole rings is 1. The lowest BCUT2D eigenvalue weighted by Crippen LogP contribution is -2.46. The number of hydrogen-bond donors (Lipinski definition) is 2. The monoisotopic (exact) mass is 582 g/mol. The number of halogens is 2. The number of aromatic nitrogens is 3. The van der Waals surface area contributed by atoms with Crippen molar-refractivity contribution in [2.45, 2.75) is 32.2 Å². The van der Waals surface area contributed by atoms with Gasteiger partial charge >= 0.3 is 5.97 Å². The van der Waals surface area contributed by atoms with Gasteiger partial charge in [-0.1, -0.05) is 17.7 Å². The first kappa shape index (κ1) is 28.7. The summed E-state index contributed by atoms with van der Waals surface area (Å²) < 4.78 is 28.0. The number of aromatic carboxylic acids is 1. The number of carbonyl (C=O) groups is 1. The molecule has 2 aromatic heterocycles. The lowest BCUT2D eigenvalue weighted by Gasteiger charge is -2.36. The smallest absolute Gasteiger partial charge is 0.335 e. The molecule has 1 atom stereocenters. The highest BCUT2D eigenvalue weighted by molar-refractivity contribution is 6.30. The molecule has 0 bridgehead atoms.